The standard InChI is InChI=1S/C23H24FN3O2/c24-18-2-4-20-22(15-18)26-29-23(20)16-7-11-27(12-8-16)10-1-13-28-19-3-5-21-17(14-19)6-9-25-21/h2-6,9,14-16,25H,1,7-8,10-13H2. The monoisotopic (exact) mass is 393 g/mol. The summed E-state index contributed by atoms with van der Waals surface area (Å²) in [5, 5.41) is 6.15. The molecule has 0 unspecified atom stereocenters. The second-order valence-corrected chi connectivity index (χ2v) is 7.75. The van der Waals surface area contributed by atoms with Crippen molar-refractivity contribution >= 4 is 21.8 Å². The first-order chi connectivity index (χ1) is 14.3. The fourth-order valence-electron chi connectivity index (χ4n) is 4.25. The lowest BCUT2D eigenvalue weighted by atomic mass is 9.92. The summed E-state index contributed by atoms with van der Waals surface area (Å²) in [4.78, 5) is 5.67. The number of nitrogens with zero attached hydrogens (tertiary/aromatic N) is 2. The molecule has 0 spiro atoms. The van der Waals surface area contributed by atoms with Gasteiger partial charge in [-0.3, -0.25) is 0 Å². The molecule has 4 aromatic rings. The normalized spacial score (nSPS) is 16.0. The van der Waals surface area contributed by atoms with Crippen LogP contribution in [0.5, 0.6) is 5.75 Å². The highest BCUT2D eigenvalue weighted by atomic mass is 19.1. The van der Waals surface area contributed by atoms with Crippen LogP contribution in [0.2, 0.25) is 0 Å². The third-order valence-electron chi connectivity index (χ3n) is 5.84. The van der Waals surface area contributed by atoms with Gasteiger partial charge in [-0.25, -0.2) is 4.39 Å². The molecule has 2 aromatic heterocycles. The van der Waals surface area contributed by atoms with E-state index >= 15 is 0 Å². The number of aromatic nitrogens is 2. The number of H-pyrrole nitrogens is 1. The maximum absolute atomic E-state index is 13.3. The molecule has 1 saturated heterocycles. The van der Waals surface area contributed by atoms with E-state index in [-0.39, 0.29) is 5.82 Å². The van der Waals surface area contributed by atoms with Crippen molar-refractivity contribution in [1.29, 1.82) is 0 Å². The molecule has 0 aliphatic carbocycles. The zero-order valence-electron chi connectivity index (χ0n) is 16.2. The van der Waals surface area contributed by atoms with Gasteiger partial charge in [-0.1, -0.05) is 5.16 Å². The van der Waals surface area contributed by atoms with Gasteiger partial charge in [0.25, 0.3) is 0 Å². The topological polar surface area (TPSA) is 54.3 Å². The lowest BCUT2D eigenvalue weighted by Gasteiger charge is -2.30. The van der Waals surface area contributed by atoms with Crippen molar-refractivity contribution in [3.8, 4) is 5.75 Å². The van der Waals surface area contributed by atoms with Crippen LogP contribution in [-0.2, 0) is 0 Å². The Hall–Kier alpha value is -2.86. The Morgan fingerprint density at radius 1 is 1.14 bits per heavy atom. The Bertz CT molecular complexity index is 1110. The summed E-state index contributed by atoms with van der Waals surface area (Å²) in [5.41, 5.74) is 1.74. The van der Waals surface area contributed by atoms with Gasteiger partial charge in [0.15, 0.2) is 0 Å². The fourth-order valence-corrected chi connectivity index (χ4v) is 4.25. The average Bonchev–Trinajstić information content (AvgIpc) is 3.38. The predicted octanol–water partition coefficient (Wildman–Crippen LogP) is 5.10. The molecule has 5 nitrogen and oxygen atoms in total. The van der Waals surface area contributed by atoms with Crippen molar-refractivity contribution < 1.29 is 13.7 Å². The highest BCUT2D eigenvalue weighted by molar-refractivity contribution is 5.81. The zero-order chi connectivity index (χ0) is 19.6. The van der Waals surface area contributed by atoms with Crippen LogP contribution < -0.4 is 4.74 Å². The third kappa shape index (κ3) is 3.85. The van der Waals surface area contributed by atoms with Gasteiger partial charge < -0.3 is 19.1 Å². The van der Waals surface area contributed by atoms with Gasteiger partial charge in [0.1, 0.15) is 22.8 Å². The summed E-state index contributed by atoms with van der Waals surface area (Å²) >= 11 is 0. The molecule has 0 saturated carbocycles. The van der Waals surface area contributed by atoms with E-state index in [9.17, 15) is 4.39 Å². The number of ether oxygens (including phenoxy) is 1. The Kier molecular flexibility index (Phi) is 4.94. The number of likely N-dealkylation sites (tertiary alicyclic amines) is 1. The van der Waals surface area contributed by atoms with Crippen molar-refractivity contribution in [2.75, 3.05) is 26.2 Å². The number of rotatable bonds is 6. The second kappa shape index (κ2) is 7.87. The smallest absolute Gasteiger partial charge is 0.147 e. The maximum Gasteiger partial charge on any atom is 0.147 e. The largest absolute Gasteiger partial charge is 0.494 e. The van der Waals surface area contributed by atoms with Crippen LogP contribution >= 0.6 is 0 Å². The molecular weight excluding hydrogens is 369 g/mol. The Labute approximate surface area is 168 Å². The van der Waals surface area contributed by atoms with Gasteiger partial charge in [-0.2, -0.15) is 0 Å². The first-order valence-corrected chi connectivity index (χ1v) is 10.2. The first kappa shape index (κ1) is 18.2. The Morgan fingerprint density at radius 3 is 2.93 bits per heavy atom. The van der Waals surface area contributed by atoms with E-state index in [0.29, 0.717) is 18.0 Å². The highest BCUT2D eigenvalue weighted by Gasteiger charge is 2.25. The molecule has 29 heavy (non-hydrogen) atoms. The molecule has 3 heterocycles. The van der Waals surface area contributed by atoms with Gasteiger partial charge >= 0.3 is 0 Å². The lowest BCUT2D eigenvalue weighted by Crippen LogP contribution is -2.34. The van der Waals surface area contributed by atoms with Crippen LogP contribution in [0.4, 0.5) is 4.39 Å². The van der Waals surface area contributed by atoms with E-state index < -0.39 is 0 Å². The van der Waals surface area contributed by atoms with Gasteiger partial charge in [0.05, 0.1) is 6.61 Å². The maximum atomic E-state index is 13.3. The zero-order valence-corrected chi connectivity index (χ0v) is 16.2. The molecule has 0 atom stereocenters. The summed E-state index contributed by atoms with van der Waals surface area (Å²) in [6.07, 6.45) is 5.01. The van der Waals surface area contributed by atoms with Crippen molar-refractivity contribution in [3.05, 3.63) is 60.2 Å². The average molecular weight is 393 g/mol. The molecule has 0 radical (unpaired) electrons. The molecule has 1 fully saturated rings. The van der Waals surface area contributed by atoms with Crippen LogP contribution in [-0.4, -0.2) is 41.3 Å². The third-order valence-corrected chi connectivity index (χ3v) is 5.84. The number of hydrogen-bond donors (Lipinski definition) is 1. The molecule has 6 heteroatoms. The molecule has 1 aliphatic rings. The van der Waals surface area contributed by atoms with E-state index in [1.807, 2.05) is 12.3 Å². The summed E-state index contributed by atoms with van der Waals surface area (Å²) < 4.78 is 24.8. The number of fused-ring (bicyclic) bond motifs is 2. The van der Waals surface area contributed by atoms with Crippen LogP contribution in [0.15, 0.2) is 53.2 Å². The van der Waals surface area contributed by atoms with Gasteiger partial charge in [-0.15, -0.1) is 0 Å². The molecule has 0 bridgehead atoms. The minimum Gasteiger partial charge on any atom is -0.494 e. The van der Waals surface area contributed by atoms with E-state index in [1.54, 1.807) is 6.07 Å². The first-order valence-electron chi connectivity index (χ1n) is 10.2. The fraction of sp³-hybridized carbons (Fsp3) is 0.348. The van der Waals surface area contributed by atoms with Crippen LogP contribution in [0.1, 0.15) is 30.9 Å². The summed E-state index contributed by atoms with van der Waals surface area (Å²) in [6.45, 7) is 3.81. The van der Waals surface area contributed by atoms with Crippen molar-refractivity contribution in [1.82, 2.24) is 15.0 Å². The summed E-state index contributed by atoms with van der Waals surface area (Å²) in [5.74, 6) is 1.90. The quantitative estimate of drug-likeness (QED) is 0.463. The molecule has 150 valence electrons. The van der Waals surface area contributed by atoms with Crippen LogP contribution in [0.3, 0.4) is 0 Å². The van der Waals surface area contributed by atoms with E-state index in [2.05, 4.69) is 33.2 Å². The van der Waals surface area contributed by atoms with Gasteiger partial charge in [0, 0.05) is 41.0 Å². The summed E-state index contributed by atoms with van der Waals surface area (Å²) in [7, 11) is 0. The van der Waals surface area contributed by atoms with E-state index in [1.165, 1.54) is 17.5 Å². The lowest BCUT2D eigenvalue weighted by molar-refractivity contribution is 0.183. The minimum absolute atomic E-state index is 0.276. The molecular formula is C23H24FN3O2. The minimum atomic E-state index is -0.276. The van der Waals surface area contributed by atoms with Crippen molar-refractivity contribution in [2.45, 2.75) is 25.2 Å². The van der Waals surface area contributed by atoms with Crippen LogP contribution in [0, 0.1) is 5.82 Å². The molecule has 1 aliphatic heterocycles. The number of benzene rings is 2. The number of piperidine rings is 1. The summed E-state index contributed by atoms with van der Waals surface area (Å²) in [6, 6.07) is 12.9. The molecule has 0 amide bonds. The number of halogens is 1. The Balaban J connectivity index is 1.09. The number of hydrogen-bond acceptors (Lipinski definition) is 4. The Morgan fingerprint density at radius 2 is 2.03 bits per heavy atom. The van der Waals surface area contributed by atoms with Gasteiger partial charge in [-0.05, 0) is 68.8 Å². The predicted molar refractivity (Wildman–Crippen MR) is 111 cm³/mol. The highest BCUT2D eigenvalue weighted by Crippen LogP contribution is 2.33. The van der Waals surface area contributed by atoms with Crippen molar-refractivity contribution in [2.24, 2.45) is 0 Å². The van der Waals surface area contributed by atoms with Crippen LogP contribution in [0.25, 0.3) is 21.8 Å². The van der Waals surface area contributed by atoms with Gasteiger partial charge in [0.2, 0.25) is 0 Å². The number of nitrogens with one attached hydrogen (secondary N) is 1. The van der Waals surface area contributed by atoms with Crippen molar-refractivity contribution in [3.63, 3.8) is 0 Å². The second-order valence-electron chi connectivity index (χ2n) is 7.75. The molecule has 5 rings (SSSR count). The SMILES string of the molecule is Fc1ccc2c(C3CCN(CCCOc4ccc5[nH]ccc5c4)CC3)onc2c1. The molecule has 2 aromatic carbocycles. The van der Waals surface area contributed by atoms with E-state index in [4.69, 9.17) is 9.26 Å². The van der Waals surface area contributed by atoms with E-state index in [0.717, 1.165) is 61.3 Å². The molecule has 1 N–H and O–H groups in total. The number of aromatic amines is 1.